The van der Waals surface area contributed by atoms with Crippen molar-refractivity contribution in [3.05, 3.63) is 28.8 Å². The summed E-state index contributed by atoms with van der Waals surface area (Å²) in [6.45, 7) is 6.34. The molecule has 1 amide bonds. The molecule has 0 N–H and O–H groups in total. The van der Waals surface area contributed by atoms with E-state index < -0.39 is 0 Å². The summed E-state index contributed by atoms with van der Waals surface area (Å²) in [6.07, 6.45) is 0. The first-order valence-electron chi connectivity index (χ1n) is 5.87. The zero-order valence-electron chi connectivity index (χ0n) is 11.3. The van der Waals surface area contributed by atoms with Crippen molar-refractivity contribution >= 4 is 5.91 Å². The standard InChI is InChI=1S/C14H18N2O2/c1-5-16(4)13(17)9-18-14-10(2)6-12(8-15)7-11(14)3/h6-7H,5,9H2,1-4H3. The monoisotopic (exact) mass is 246 g/mol. The fraction of sp³-hybridized carbons (Fsp3) is 0.429. The fourth-order valence-corrected chi connectivity index (χ4v) is 1.66. The van der Waals surface area contributed by atoms with Crippen LogP contribution in [0.4, 0.5) is 0 Å². The maximum absolute atomic E-state index is 11.6. The van der Waals surface area contributed by atoms with Crippen LogP contribution in [0.3, 0.4) is 0 Å². The molecule has 1 rings (SSSR count). The molecule has 0 atom stereocenters. The molecule has 0 saturated carbocycles. The highest BCUT2D eigenvalue weighted by molar-refractivity contribution is 5.77. The van der Waals surface area contributed by atoms with Gasteiger partial charge in [0, 0.05) is 13.6 Å². The highest BCUT2D eigenvalue weighted by atomic mass is 16.5. The Balaban J connectivity index is 2.81. The highest BCUT2D eigenvalue weighted by Crippen LogP contribution is 2.24. The van der Waals surface area contributed by atoms with Gasteiger partial charge >= 0.3 is 0 Å². The van der Waals surface area contributed by atoms with Crippen molar-refractivity contribution in [1.82, 2.24) is 4.90 Å². The lowest BCUT2D eigenvalue weighted by Crippen LogP contribution is -2.31. The van der Waals surface area contributed by atoms with Crippen LogP contribution < -0.4 is 4.74 Å². The number of amides is 1. The second kappa shape index (κ2) is 6.06. The molecule has 0 bridgehead atoms. The second-order valence-electron chi connectivity index (χ2n) is 4.25. The molecule has 0 heterocycles. The lowest BCUT2D eigenvalue weighted by Gasteiger charge is -2.17. The molecule has 4 heteroatoms. The van der Waals surface area contributed by atoms with Gasteiger partial charge in [0.05, 0.1) is 11.6 Å². The number of benzene rings is 1. The first-order valence-corrected chi connectivity index (χ1v) is 5.87. The van der Waals surface area contributed by atoms with E-state index in [0.717, 1.165) is 11.1 Å². The predicted molar refractivity (Wildman–Crippen MR) is 69.4 cm³/mol. The topological polar surface area (TPSA) is 53.3 Å². The minimum atomic E-state index is -0.0549. The number of rotatable bonds is 4. The van der Waals surface area contributed by atoms with Crippen LogP contribution in [0, 0.1) is 25.2 Å². The average Bonchev–Trinajstić information content (AvgIpc) is 2.36. The van der Waals surface area contributed by atoms with Crippen LogP contribution in [-0.4, -0.2) is 31.0 Å². The molecule has 0 aliphatic rings. The molecule has 18 heavy (non-hydrogen) atoms. The third-order valence-corrected chi connectivity index (χ3v) is 2.83. The van der Waals surface area contributed by atoms with Crippen LogP contribution in [-0.2, 0) is 4.79 Å². The molecule has 0 unspecified atom stereocenters. The Morgan fingerprint density at radius 1 is 1.39 bits per heavy atom. The van der Waals surface area contributed by atoms with Gasteiger partial charge in [-0.2, -0.15) is 5.26 Å². The van der Waals surface area contributed by atoms with Crippen LogP contribution in [0.1, 0.15) is 23.6 Å². The molecule has 0 aromatic heterocycles. The van der Waals surface area contributed by atoms with Gasteiger partial charge in [-0.15, -0.1) is 0 Å². The number of nitrogens with zero attached hydrogens (tertiary/aromatic N) is 2. The minimum Gasteiger partial charge on any atom is -0.483 e. The molecule has 1 aromatic rings. The van der Waals surface area contributed by atoms with E-state index in [2.05, 4.69) is 6.07 Å². The van der Waals surface area contributed by atoms with Crippen LogP contribution in [0.15, 0.2) is 12.1 Å². The minimum absolute atomic E-state index is 0.0257. The van der Waals surface area contributed by atoms with E-state index >= 15 is 0 Å². The molecular weight excluding hydrogens is 228 g/mol. The van der Waals surface area contributed by atoms with E-state index in [-0.39, 0.29) is 12.5 Å². The molecule has 0 spiro atoms. The second-order valence-corrected chi connectivity index (χ2v) is 4.25. The van der Waals surface area contributed by atoms with Crippen molar-refractivity contribution in [3.8, 4) is 11.8 Å². The van der Waals surface area contributed by atoms with Gasteiger partial charge < -0.3 is 9.64 Å². The number of likely N-dealkylation sites (N-methyl/N-ethyl adjacent to an activating group) is 1. The summed E-state index contributed by atoms with van der Waals surface area (Å²) in [6, 6.07) is 5.62. The maximum Gasteiger partial charge on any atom is 0.260 e. The Hall–Kier alpha value is -2.02. The van der Waals surface area contributed by atoms with Gasteiger partial charge in [-0.3, -0.25) is 4.79 Å². The van der Waals surface area contributed by atoms with Gasteiger partial charge in [0.15, 0.2) is 6.61 Å². The molecule has 96 valence electrons. The van der Waals surface area contributed by atoms with Gasteiger partial charge in [0.1, 0.15) is 5.75 Å². The molecule has 0 fully saturated rings. The molecule has 0 saturated heterocycles. The highest BCUT2D eigenvalue weighted by Gasteiger charge is 2.11. The van der Waals surface area contributed by atoms with E-state index in [9.17, 15) is 4.79 Å². The first kappa shape index (κ1) is 14.0. The molecule has 0 aliphatic carbocycles. The lowest BCUT2D eigenvalue weighted by atomic mass is 10.1. The summed E-state index contributed by atoms with van der Waals surface area (Å²) < 4.78 is 5.55. The number of nitriles is 1. The Morgan fingerprint density at radius 2 is 1.94 bits per heavy atom. The third-order valence-electron chi connectivity index (χ3n) is 2.83. The van der Waals surface area contributed by atoms with E-state index in [4.69, 9.17) is 10.00 Å². The smallest absolute Gasteiger partial charge is 0.260 e. The van der Waals surface area contributed by atoms with Crippen molar-refractivity contribution in [3.63, 3.8) is 0 Å². The summed E-state index contributed by atoms with van der Waals surface area (Å²) in [5.74, 6) is 0.632. The SMILES string of the molecule is CCN(C)C(=O)COc1c(C)cc(C#N)cc1C. The molecule has 0 aliphatic heterocycles. The summed E-state index contributed by atoms with van der Waals surface area (Å²) in [5.41, 5.74) is 2.35. The van der Waals surface area contributed by atoms with Crippen LogP contribution in [0.25, 0.3) is 0 Å². The maximum atomic E-state index is 11.6. The van der Waals surface area contributed by atoms with Gasteiger partial charge in [0.2, 0.25) is 0 Å². The number of ether oxygens (including phenoxy) is 1. The first-order chi connectivity index (χ1) is 8.49. The number of carbonyl (C=O) groups is 1. The quantitative estimate of drug-likeness (QED) is 0.816. The Labute approximate surface area is 108 Å². The molecular formula is C14H18N2O2. The zero-order chi connectivity index (χ0) is 13.7. The van der Waals surface area contributed by atoms with Crippen molar-refractivity contribution < 1.29 is 9.53 Å². The van der Waals surface area contributed by atoms with E-state index in [1.54, 1.807) is 24.1 Å². The van der Waals surface area contributed by atoms with Crippen molar-refractivity contribution in [2.75, 3.05) is 20.2 Å². The number of hydrogen-bond donors (Lipinski definition) is 0. The van der Waals surface area contributed by atoms with Gasteiger partial charge in [-0.05, 0) is 44.0 Å². The number of aryl methyl sites for hydroxylation is 2. The summed E-state index contributed by atoms with van der Waals surface area (Å²) in [4.78, 5) is 13.2. The number of hydrogen-bond acceptors (Lipinski definition) is 3. The fourth-order valence-electron chi connectivity index (χ4n) is 1.66. The summed E-state index contributed by atoms with van der Waals surface area (Å²) >= 11 is 0. The van der Waals surface area contributed by atoms with E-state index in [1.165, 1.54) is 0 Å². The number of carbonyl (C=O) groups excluding carboxylic acids is 1. The third kappa shape index (κ3) is 3.24. The Kier molecular flexibility index (Phi) is 4.73. The zero-order valence-corrected chi connectivity index (χ0v) is 11.3. The van der Waals surface area contributed by atoms with Crippen LogP contribution >= 0.6 is 0 Å². The van der Waals surface area contributed by atoms with Crippen LogP contribution in [0.5, 0.6) is 5.75 Å². The summed E-state index contributed by atoms with van der Waals surface area (Å²) in [7, 11) is 1.74. The largest absolute Gasteiger partial charge is 0.483 e. The molecule has 0 radical (unpaired) electrons. The van der Waals surface area contributed by atoms with E-state index in [1.807, 2.05) is 20.8 Å². The van der Waals surface area contributed by atoms with Crippen molar-refractivity contribution in [2.45, 2.75) is 20.8 Å². The Bertz CT molecular complexity index is 466. The van der Waals surface area contributed by atoms with Gasteiger partial charge in [0.25, 0.3) is 5.91 Å². The lowest BCUT2D eigenvalue weighted by molar-refractivity contribution is -0.131. The normalized spacial score (nSPS) is 9.72. The average molecular weight is 246 g/mol. The molecule has 4 nitrogen and oxygen atoms in total. The van der Waals surface area contributed by atoms with Gasteiger partial charge in [-0.25, -0.2) is 0 Å². The van der Waals surface area contributed by atoms with Crippen LogP contribution in [0.2, 0.25) is 0 Å². The van der Waals surface area contributed by atoms with Crippen molar-refractivity contribution in [2.24, 2.45) is 0 Å². The predicted octanol–water partition coefficient (Wildman–Crippen LogP) is 2.03. The van der Waals surface area contributed by atoms with Gasteiger partial charge in [-0.1, -0.05) is 0 Å². The molecule has 1 aromatic carbocycles. The Morgan fingerprint density at radius 3 is 2.39 bits per heavy atom. The summed E-state index contributed by atoms with van der Waals surface area (Å²) in [5, 5.41) is 8.85. The van der Waals surface area contributed by atoms with E-state index in [0.29, 0.717) is 17.9 Å². The van der Waals surface area contributed by atoms with Crippen molar-refractivity contribution in [1.29, 1.82) is 5.26 Å².